The molecule has 0 amide bonds. The third-order valence-electron chi connectivity index (χ3n) is 4.34. The monoisotopic (exact) mass is 237 g/mol. The van der Waals surface area contributed by atoms with E-state index in [-0.39, 0.29) is 8.31 Å². The van der Waals surface area contributed by atoms with Gasteiger partial charge in [0.2, 0.25) is 0 Å². The molecule has 0 bridgehead atoms. The highest BCUT2D eigenvalue weighted by Gasteiger charge is 2.43. The van der Waals surface area contributed by atoms with Crippen LogP contribution in [0.25, 0.3) is 0 Å². The highest BCUT2D eigenvalue weighted by Crippen LogP contribution is 2.50. The largest absolute Gasteiger partial charge is 0.0747 e. The van der Waals surface area contributed by atoms with Crippen molar-refractivity contribution in [3.63, 3.8) is 0 Å². The van der Waals surface area contributed by atoms with Gasteiger partial charge in [-0.25, -0.2) is 0 Å². The van der Waals surface area contributed by atoms with Gasteiger partial charge in [0, 0.05) is 7.59 Å². The molecule has 1 atom stereocenters. The molecule has 1 rings (SSSR count). The number of allylic oxidation sites excluding steroid dienone is 4. The van der Waals surface area contributed by atoms with Crippen LogP contribution in [0.4, 0.5) is 0 Å². The van der Waals surface area contributed by atoms with Crippen molar-refractivity contribution in [3.05, 3.63) is 22.8 Å². The molecule has 85 valence electrons. The molecule has 1 aliphatic carbocycles. The fraction of sp³-hybridized carbons (Fsp3) is 0.692. The van der Waals surface area contributed by atoms with Crippen LogP contribution in [0.2, 0.25) is 31.2 Å². The van der Waals surface area contributed by atoms with E-state index >= 15 is 0 Å². The maximum absolute atomic E-state index is 2.55. The van der Waals surface area contributed by atoms with Crippen molar-refractivity contribution in [2.24, 2.45) is 0 Å². The van der Waals surface area contributed by atoms with Gasteiger partial charge in [0.05, 0.1) is 8.31 Å². The van der Waals surface area contributed by atoms with Crippen molar-refractivity contribution in [1.82, 2.24) is 0 Å². The van der Waals surface area contributed by atoms with Gasteiger partial charge in [0.15, 0.2) is 0 Å². The highest BCUT2D eigenvalue weighted by atomic mass is 29.2. The summed E-state index contributed by atoms with van der Waals surface area (Å²) in [7, 11) is -1.27. The molecule has 0 heterocycles. The fourth-order valence-corrected chi connectivity index (χ4v) is 10.7. The predicted molar refractivity (Wildman–Crippen MR) is 75.5 cm³/mol. The second-order valence-electron chi connectivity index (χ2n) is 6.15. The van der Waals surface area contributed by atoms with Gasteiger partial charge < -0.3 is 0 Å². The Morgan fingerprint density at radius 3 is 1.87 bits per heavy atom. The van der Waals surface area contributed by atoms with Gasteiger partial charge in [-0.2, -0.15) is 0 Å². The van der Waals surface area contributed by atoms with E-state index in [9.17, 15) is 0 Å². The lowest BCUT2D eigenvalue weighted by Gasteiger charge is -2.38. The summed E-state index contributed by atoms with van der Waals surface area (Å²) in [6.45, 7) is 19.5. The van der Waals surface area contributed by atoms with Crippen LogP contribution < -0.4 is 0 Å². The summed E-state index contributed by atoms with van der Waals surface area (Å²) in [4.78, 5) is 0. The van der Waals surface area contributed by atoms with Crippen molar-refractivity contribution in [1.29, 1.82) is 0 Å². The van der Waals surface area contributed by atoms with Crippen LogP contribution in [0.1, 0.15) is 27.7 Å². The topological polar surface area (TPSA) is 0 Å². The van der Waals surface area contributed by atoms with Crippen LogP contribution in [-0.2, 0) is 0 Å². The summed E-state index contributed by atoms with van der Waals surface area (Å²) in [6.07, 6.45) is 2.55. The first-order valence-electron chi connectivity index (χ1n) is 5.83. The molecule has 0 aromatic carbocycles. The second kappa shape index (κ2) is 3.74. The minimum absolute atomic E-state index is 0.290. The van der Waals surface area contributed by atoms with Gasteiger partial charge >= 0.3 is 0 Å². The maximum atomic E-state index is 2.55. The first-order chi connectivity index (χ1) is 6.60. The molecule has 0 aromatic rings. The lowest BCUT2D eigenvalue weighted by atomic mass is 10.0. The zero-order chi connectivity index (χ0) is 12.0. The summed E-state index contributed by atoms with van der Waals surface area (Å²) in [5.74, 6) is 0. The SMILES string of the molecule is CC1=CC(C)([Si](C)[Si](C)(C)C)C(C)=C1C. The van der Waals surface area contributed by atoms with E-state index in [2.05, 4.69) is 60.0 Å². The van der Waals surface area contributed by atoms with Crippen molar-refractivity contribution in [3.8, 4) is 0 Å². The van der Waals surface area contributed by atoms with Crippen LogP contribution in [0.5, 0.6) is 0 Å². The van der Waals surface area contributed by atoms with Crippen LogP contribution in [-0.4, -0.2) is 15.9 Å². The van der Waals surface area contributed by atoms with E-state index in [1.165, 1.54) is 5.57 Å². The average Bonchev–Trinajstić information content (AvgIpc) is 2.29. The Morgan fingerprint density at radius 1 is 1.13 bits per heavy atom. The number of hydrogen-bond donors (Lipinski definition) is 0. The molecule has 0 aromatic heterocycles. The summed E-state index contributed by atoms with van der Waals surface area (Å²) >= 11 is 0. The zero-order valence-corrected chi connectivity index (χ0v) is 13.6. The molecule has 0 saturated heterocycles. The average molecular weight is 238 g/mol. The summed E-state index contributed by atoms with van der Waals surface area (Å²) in [5.41, 5.74) is 4.69. The minimum Gasteiger partial charge on any atom is -0.0747 e. The van der Waals surface area contributed by atoms with Gasteiger partial charge in [-0.1, -0.05) is 50.3 Å². The van der Waals surface area contributed by atoms with E-state index in [0.717, 1.165) is 0 Å². The first-order valence-corrected chi connectivity index (χ1v) is 12.3. The lowest BCUT2D eigenvalue weighted by Crippen LogP contribution is -2.47. The Kier molecular flexibility index (Phi) is 3.24. The Hall–Kier alpha value is -0.0862. The Labute approximate surface area is 97.9 Å². The van der Waals surface area contributed by atoms with Gasteiger partial charge in [-0.05, 0) is 31.4 Å². The van der Waals surface area contributed by atoms with E-state index in [1.807, 2.05) is 0 Å². The lowest BCUT2D eigenvalue weighted by molar-refractivity contribution is 0.880. The Bertz CT molecular complexity index is 331. The van der Waals surface area contributed by atoms with Crippen LogP contribution in [0.15, 0.2) is 22.8 Å². The Morgan fingerprint density at radius 2 is 1.60 bits per heavy atom. The molecule has 1 aliphatic rings. The Balaban J connectivity index is 3.17. The van der Waals surface area contributed by atoms with E-state index in [4.69, 9.17) is 0 Å². The molecule has 2 heteroatoms. The van der Waals surface area contributed by atoms with Crippen LogP contribution >= 0.6 is 0 Å². The van der Waals surface area contributed by atoms with Crippen molar-refractivity contribution >= 4 is 15.9 Å². The maximum Gasteiger partial charge on any atom is 0.0538 e. The molecular weight excluding hydrogens is 212 g/mol. The van der Waals surface area contributed by atoms with Crippen molar-refractivity contribution in [2.75, 3.05) is 0 Å². The molecule has 0 saturated carbocycles. The molecule has 1 radical (unpaired) electrons. The first kappa shape index (κ1) is 13.0. The van der Waals surface area contributed by atoms with Crippen LogP contribution in [0, 0.1) is 0 Å². The third-order valence-corrected chi connectivity index (χ3v) is 17.0. The minimum atomic E-state index is -0.976. The predicted octanol–water partition coefficient (Wildman–Crippen LogP) is 4.58. The summed E-state index contributed by atoms with van der Waals surface area (Å²) in [6, 6.07) is 0. The van der Waals surface area contributed by atoms with Crippen molar-refractivity contribution in [2.45, 2.75) is 58.9 Å². The highest BCUT2D eigenvalue weighted by molar-refractivity contribution is 7.32. The van der Waals surface area contributed by atoms with Gasteiger partial charge in [-0.3, -0.25) is 0 Å². The number of hydrogen-bond acceptors (Lipinski definition) is 0. The van der Waals surface area contributed by atoms with Gasteiger partial charge in [0.1, 0.15) is 0 Å². The molecule has 0 fully saturated rings. The normalized spacial score (nSPS) is 27.7. The third kappa shape index (κ3) is 2.07. The standard InChI is InChI=1S/C13H25Si2/c1-10-9-13(4,12(3)11(10)2)14(5)15(6,7)8/h9H,1-8H3. The smallest absolute Gasteiger partial charge is 0.0538 e. The second-order valence-corrected chi connectivity index (χ2v) is 19.7. The summed E-state index contributed by atoms with van der Waals surface area (Å²) < 4.78 is 0. The van der Waals surface area contributed by atoms with E-state index < -0.39 is 7.59 Å². The van der Waals surface area contributed by atoms with Crippen molar-refractivity contribution < 1.29 is 0 Å². The molecule has 0 N–H and O–H groups in total. The van der Waals surface area contributed by atoms with Crippen LogP contribution in [0.3, 0.4) is 0 Å². The fourth-order valence-electron chi connectivity index (χ4n) is 2.50. The van der Waals surface area contributed by atoms with E-state index in [0.29, 0.717) is 5.04 Å². The molecule has 0 spiro atoms. The molecule has 0 aliphatic heterocycles. The molecule has 0 nitrogen and oxygen atoms in total. The zero-order valence-electron chi connectivity index (χ0n) is 11.6. The van der Waals surface area contributed by atoms with E-state index in [1.54, 1.807) is 11.1 Å². The number of rotatable bonds is 2. The molecule has 15 heavy (non-hydrogen) atoms. The molecule has 1 unspecified atom stereocenters. The quantitative estimate of drug-likeness (QED) is 0.617. The molecular formula is C13H25Si2. The summed E-state index contributed by atoms with van der Waals surface area (Å²) in [5, 5.41) is 0.420. The van der Waals surface area contributed by atoms with Gasteiger partial charge in [0.25, 0.3) is 0 Å². The van der Waals surface area contributed by atoms with Gasteiger partial charge in [-0.15, -0.1) is 0 Å².